The molecular weight excluding hydrogens is 174 g/mol. The van der Waals surface area contributed by atoms with E-state index in [2.05, 4.69) is 11.1 Å². The Morgan fingerprint density at radius 2 is 2.07 bits per heavy atom. The summed E-state index contributed by atoms with van der Waals surface area (Å²) in [5, 5.41) is 8.77. The minimum absolute atomic E-state index is 0.592. The van der Waals surface area contributed by atoms with Crippen LogP contribution in [0.2, 0.25) is 0 Å². The zero-order valence-corrected chi connectivity index (χ0v) is 7.59. The quantitative estimate of drug-likeness (QED) is 0.712. The molecular formula is C11H9N3. The van der Waals surface area contributed by atoms with Crippen molar-refractivity contribution in [2.75, 3.05) is 0 Å². The lowest BCUT2D eigenvalue weighted by Crippen LogP contribution is -2.00. The van der Waals surface area contributed by atoms with Crippen LogP contribution in [0.3, 0.4) is 0 Å². The molecule has 3 heteroatoms. The van der Waals surface area contributed by atoms with Gasteiger partial charge in [0, 0.05) is 6.54 Å². The van der Waals surface area contributed by atoms with Gasteiger partial charge in [0.15, 0.2) is 0 Å². The lowest BCUT2D eigenvalue weighted by Gasteiger charge is -2.02. The number of nitriles is 1. The Bertz CT molecular complexity index is 451. The highest BCUT2D eigenvalue weighted by molar-refractivity contribution is 5.21. The largest absolute Gasteiger partial charge is 0.318 e. The van der Waals surface area contributed by atoms with Gasteiger partial charge in [-0.2, -0.15) is 5.26 Å². The van der Waals surface area contributed by atoms with Crippen LogP contribution in [0.1, 0.15) is 11.3 Å². The predicted octanol–water partition coefficient (Wildman–Crippen LogP) is 1.80. The van der Waals surface area contributed by atoms with Crippen molar-refractivity contribution in [2.24, 2.45) is 0 Å². The summed E-state index contributed by atoms with van der Waals surface area (Å²) in [5.41, 5.74) is 1.76. The smallest absolute Gasteiger partial charge is 0.140 e. The topological polar surface area (TPSA) is 41.6 Å². The van der Waals surface area contributed by atoms with E-state index in [1.165, 1.54) is 5.56 Å². The van der Waals surface area contributed by atoms with Crippen LogP contribution in [0.15, 0.2) is 42.9 Å². The van der Waals surface area contributed by atoms with Crippen LogP contribution < -0.4 is 0 Å². The summed E-state index contributed by atoms with van der Waals surface area (Å²) in [4.78, 5) is 3.93. The molecule has 2 aromatic rings. The number of imidazole rings is 1. The van der Waals surface area contributed by atoms with E-state index in [0.717, 1.165) is 0 Å². The van der Waals surface area contributed by atoms with E-state index in [9.17, 15) is 0 Å². The number of nitrogens with zero attached hydrogens (tertiary/aromatic N) is 3. The molecule has 0 saturated carbocycles. The van der Waals surface area contributed by atoms with Crippen LogP contribution in [0.5, 0.6) is 0 Å². The van der Waals surface area contributed by atoms with Gasteiger partial charge in [-0.05, 0) is 5.56 Å². The maximum absolute atomic E-state index is 8.77. The Kier molecular flexibility index (Phi) is 2.28. The summed E-state index contributed by atoms with van der Waals surface area (Å²) in [6.45, 7) is 0.698. The van der Waals surface area contributed by atoms with Gasteiger partial charge in [-0.15, -0.1) is 0 Å². The van der Waals surface area contributed by atoms with Crippen LogP contribution >= 0.6 is 0 Å². The molecule has 0 unspecified atom stereocenters. The molecule has 0 saturated heterocycles. The third-order valence-corrected chi connectivity index (χ3v) is 2.02. The molecule has 1 aromatic carbocycles. The number of hydrogen-bond acceptors (Lipinski definition) is 2. The molecule has 0 aliphatic carbocycles. The van der Waals surface area contributed by atoms with Crippen LogP contribution in [0, 0.1) is 11.3 Å². The molecule has 0 atom stereocenters. The SMILES string of the molecule is N#Cc1cncn1Cc1ccccc1. The second-order valence-electron chi connectivity index (χ2n) is 3.00. The van der Waals surface area contributed by atoms with Crippen molar-refractivity contribution in [2.45, 2.75) is 6.54 Å². The first-order valence-corrected chi connectivity index (χ1v) is 4.34. The van der Waals surface area contributed by atoms with Gasteiger partial charge in [0.1, 0.15) is 11.8 Å². The van der Waals surface area contributed by atoms with Crippen LogP contribution in [0.4, 0.5) is 0 Å². The molecule has 0 radical (unpaired) electrons. The third kappa shape index (κ3) is 1.64. The lowest BCUT2D eigenvalue weighted by molar-refractivity contribution is 0.786. The van der Waals surface area contributed by atoms with Crippen molar-refractivity contribution in [1.29, 1.82) is 5.26 Å². The molecule has 2 rings (SSSR count). The van der Waals surface area contributed by atoms with Gasteiger partial charge in [-0.3, -0.25) is 0 Å². The van der Waals surface area contributed by atoms with Gasteiger partial charge < -0.3 is 4.57 Å². The van der Waals surface area contributed by atoms with Crippen LogP contribution in [-0.4, -0.2) is 9.55 Å². The average molecular weight is 183 g/mol. The number of hydrogen-bond donors (Lipinski definition) is 0. The average Bonchev–Trinajstić information content (AvgIpc) is 2.67. The fourth-order valence-corrected chi connectivity index (χ4v) is 1.32. The summed E-state index contributed by atoms with van der Waals surface area (Å²) < 4.78 is 1.83. The molecule has 1 heterocycles. The van der Waals surface area contributed by atoms with Crippen molar-refractivity contribution >= 4 is 0 Å². The Morgan fingerprint density at radius 3 is 2.79 bits per heavy atom. The first-order chi connectivity index (χ1) is 6.90. The third-order valence-electron chi connectivity index (χ3n) is 2.02. The molecule has 3 nitrogen and oxygen atoms in total. The van der Waals surface area contributed by atoms with E-state index >= 15 is 0 Å². The van der Waals surface area contributed by atoms with Crippen LogP contribution in [0.25, 0.3) is 0 Å². The molecule has 0 bridgehead atoms. The number of aromatic nitrogens is 2. The van der Waals surface area contributed by atoms with E-state index in [4.69, 9.17) is 5.26 Å². The van der Waals surface area contributed by atoms with Gasteiger partial charge in [0.25, 0.3) is 0 Å². The van der Waals surface area contributed by atoms with Gasteiger partial charge in [0.2, 0.25) is 0 Å². The Hall–Kier alpha value is -2.08. The molecule has 68 valence electrons. The first kappa shape index (κ1) is 8.52. The van der Waals surface area contributed by atoms with Gasteiger partial charge in [-0.1, -0.05) is 30.3 Å². The highest BCUT2D eigenvalue weighted by atomic mass is 15.0. The van der Waals surface area contributed by atoms with Crippen molar-refractivity contribution < 1.29 is 0 Å². The normalized spacial score (nSPS) is 9.64. The lowest BCUT2D eigenvalue weighted by atomic mass is 10.2. The van der Waals surface area contributed by atoms with Gasteiger partial charge >= 0.3 is 0 Å². The molecule has 1 aromatic heterocycles. The summed E-state index contributed by atoms with van der Waals surface area (Å²) in [5.74, 6) is 0. The summed E-state index contributed by atoms with van der Waals surface area (Å²) in [7, 11) is 0. The van der Waals surface area contributed by atoms with E-state index < -0.39 is 0 Å². The fourth-order valence-electron chi connectivity index (χ4n) is 1.32. The maximum atomic E-state index is 8.77. The fraction of sp³-hybridized carbons (Fsp3) is 0.0909. The van der Waals surface area contributed by atoms with E-state index in [0.29, 0.717) is 12.2 Å². The monoisotopic (exact) mass is 183 g/mol. The number of benzene rings is 1. The van der Waals surface area contributed by atoms with Crippen LogP contribution in [-0.2, 0) is 6.54 Å². The maximum Gasteiger partial charge on any atom is 0.140 e. The minimum Gasteiger partial charge on any atom is -0.318 e. The molecule has 0 spiro atoms. The van der Waals surface area contributed by atoms with Crippen molar-refractivity contribution in [3.8, 4) is 6.07 Å². The minimum atomic E-state index is 0.592. The highest BCUT2D eigenvalue weighted by Gasteiger charge is 2.00. The Morgan fingerprint density at radius 1 is 1.29 bits per heavy atom. The zero-order chi connectivity index (χ0) is 9.80. The summed E-state index contributed by atoms with van der Waals surface area (Å²) in [6.07, 6.45) is 3.24. The molecule has 14 heavy (non-hydrogen) atoms. The van der Waals surface area contributed by atoms with E-state index in [1.807, 2.05) is 34.9 Å². The second kappa shape index (κ2) is 3.75. The molecule has 0 aliphatic rings. The number of rotatable bonds is 2. The Balaban J connectivity index is 2.24. The van der Waals surface area contributed by atoms with E-state index in [1.54, 1.807) is 12.5 Å². The second-order valence-corrected chi connectivity index (χ2v) is 3.00. The first-order valence-electron chi connectivity index (χ1n) is 4.34. The summed E-state index contributed by atoms with van der Waals surface area (Å²) in [6, 6.07) is 12.1. The van der Waals surface area contributed by atoms with Crippen molar-refractivity contribution in [3.63, 3.8) is 0 Å². The zero-order valence-electron chi connectivity index (χ0n) is 7.59. The van der Waals surface area contributed by atoms with E-state index in [-0.39, 0.29) is 0 Å². The van der Waals surface area contributed by atoms with Crippen molar-refractivity contribution in [3.05, 3.63) is 54.1 Å². The molecule has 0 aliphatic heterocycles. The molecule has 0 fully saturated rings. The van der Waals surface area contributed by atoms with Crippen molar-refractivity contribution in [1.82, 2.24) is 9.55 Å². The standard InChI is InChI=1S/C11H9N3/c12-6-11-7-13-9-14(11)8-10-4-2-1-3-5-10/h1-5,7,9H,8H2. The Labute approximate surface area is 82.2 Å². The highest BCUT2D eigenvalue weighted by Crippen LogP contribution is 2.04. The molecule has 0 N–H and O–H groups in total. The van der Waals surface area contributed by atoms with Gasteiger partial charge in [-0.25, -0.2) is 4.98 Å². The predicted molar refractivity (Wildman–Crippen MR) is 52.5 cm³/mol. The summed E-state index contributed by atoms with van der Waals surface area (Å²) >= 11 is 0. The molecule has 0 amide bonds. The van der Waals surface area contributed by atoms with Gasteiger partial charge in [0.05, 0.1) is 12.5 Å².